The maximum absolute atomic E-state index is 13.4. The van der Waals surface area contributed by atoms with Crippen LogP contribution in [0.3, 0.4) is 0 Å². The van der Waals surface area contributed by atoms with Crippen LogP contribution in [0.2, 0.25) is 0 Å². The number of fused-ring (bicyclic) bond motifs is 1. The Morgan fingerprint density at radius 2 is 1.89 bits per heavy atom. The van der Waals surface area contributed by atoms with E-state index in [2.05, 4.69) is 4.98 Å². The molecule has 0 saturated heterocycles. The Morgan fingerprint density at radius 1 is 1.30 bits per heavy atom. The quantitative estimate of drug-likeness (QED) is 0.623. The number of rotatable bonds is 3. The molecule has 0 spiro atoms. The molecule has 0 radical (unpaired) electrons. The number of aliphatic hydroxyl groups excluding tert-OH is 1. The SMILES string of the molecule is CC(C)c1nc2c(c(-c3ccc(F)cc3)c1C(=O)O)C(O)CS(O)(O)N2C. The number of aliphatic hydroxyl groups is 1. The fraction of sp³-hybridized carbons (Fsp3) is 0.333. The van der Waals surface area contributed by atoms with Crippen molar-refractivity contribution in [3.05, 3.63) is 46.9 Å². The first kappa shape index (κ1) is 19.6. The van der Waals surface area contributed by atoms with Gasteiger partial charge in [0.15, 0.2) is 5.82 Å². The zero-order valence-corrected chi connectivity index (χ0v) is 15.9. The molecule has 0 saturated carbocycles. The van der Waals surface area contributed by atoms with Gasteiger partial charge in [0.2, 0.25) is 0 Å². The number of hydrogen-bond donors (Lipinski definition) is 4. The van der Waals surface area contributed by atoms with E-state index in [0.29, 0.717) is 5.56 Å². The van der Waals surface area contributed by atoms with Crippen LogP contribution < -0.4 is 4.31 Å². The zero-order valence-electron chi connectivity index (χ0n) is 15.0. The number of benzene rings is 1. The van der Waals surface area contributed by atoms with Crippen molar-refractivity contribution in [2.24, 2.45) is 0 Å². The minimum Gasteiger partial charge on any atom is -0.478 e. The van der Waals surface area contributed by atoms with Crippen molar-refractivity contribution >= 4 is 22.6 Å². The second-order valence-corrected chi connectivity index (χ2v) is 8.91. The summed E-state index contributed by atoms with van der Waals surface area (Å²) < 4.78 is 35.1. The molecule has 27 heavy (non-hydrogen) atoms. The number of carbonyl (C=O) groups is 1. The van der Waals surface area contributed by atoms with E-state index in [1.807, 2.05) is 0 Å². The van der Waals surface area contributed by atoms with Crippen LogP contribution in [-0.4, -0.2) is 43.1 Å². The summed E-state index contributed by atoms with van der Waals surface area (Å²) >= 11 is 0. The van der Waals surface area contributed by atoms with Gasteiger partial charge in [-0.25, -0.2) is 14.2 Å². The first-order chi connectivity index (χ1) is 12.5. The molecule has 146 valence electrons. The average molecular weight is 396 g/mol. The third-order valence-electron chi connectivity index (χ3n) is 4.59. The molecule has 1 aliphatic rings. The van der Waals surface area contributed by atoms with Crippen molar-refractivity contribution in [1.82, 2.24) is 4.98 Å². The van der Waals surface area contributed by atoms with Gasteiger partial charge in [-0.2, -0.15) is 0 Å². The second-order valence-electron chi connectivity index (χ2n) is 6.76. The summed E-state index contributed by atoms with van der Waals surface area (Å²) in [6.07, 6.45) is -1.33. The van der Waals surface area contributed by atoms with Crippen molar-refractivity contribution in [2.45, 2.75) is 25.9 Å². The van der Waals surface area contributed by atoms with Crippen LogP contribution in [0, 0.1) is 5.82 Å². The summed E-state index contributed by atoms with van der Waals surface area (Å²) in [5.74, 6) is -2.24. The van der Waals surface area contributed by atoms with Gasteiger partial charge in [0.25, 0.3) is 0 Å². The smallest absolute Gasteiger partial charge is 0.338 e. The Bertz CT molecular complexity index is 902. The predicted molar refractivity (Wildman–Crippen MR) is 102 cm³/mol. The van der Waals surface area contributed by atoms with E-state index in [-0.39, 0.29) is 39.9 Å². The van der Waals surface area contributed by atoms with E-state index in [1.165, 1.54) is 35.6 Å². The minimum absolute atomic E-state index is 0.0822. The lowest BCUT2D eigenvalue weighted by atomic mass is 9.88. The number of nitrogens with zero attached hydrogens (tertiary/aromatic N) is 2. The Kier molecular flexibility index (Phi) is 4.89. The molecule has 0 bridgehead atoms. The Hall–Kier alpha value is -2.20. The molecule has 1 unspecified atom stereocenters. The first-order valence-electron chi connectivity index (χ1n) is 8.29. The fourth-order valence-electron chi connectivity index (χ4n) is 3.26. The van der Waals surface area contributed by atoms with Crippen molar-refractivity contribution < 1.29 is 28.5 Å². The summed E-state index contributed by atoms with van der Waals surface area (Å²) in [6.45, 7) is 3.54. The molecule has 4 N–H and O–H groups in total. The third kappa shape index (κ3) is 3.27. The molecule has 9 heteroatoms. The van der Waals surface area contributed by atoms with Gasteiger partial charge in [-0.05, 0) is 23.6 Å². The second kappa shape index (κ2) is 6.75. The molecule has 0 fully saturated rings. The van der Waals surface area contributed by atoms with Gasteiger partial charge in [0.05, 0.1) is 17.0 Å². The molecule has 1 aliphatic heterocycles. The first-order valence-corrected chi connectivity index (χ1v) is 9.96. The summed E-state index contributed by atoms with van der Waals surface area (Å²) in [5, 5.41) is 20.5. The van der Waals surface area contributed by atoms with Crippen molar-refractivity contribution in [3.8, 4) is 11.1 Å². The molecule has 0 aliphatic carbocycles. The highest BCUT2D eigenvalue weighted by Crippen LogP contribution is 2.55. The Balaban J connectivity index is 2.45. The molecular formula is C18H21FN2O5S. The lowest BCUT2D eigenvalue weighted by molar-refractivity contribution is 0.0695. The molecule has 1 aromatic carbocycles. The number of carboxylic acid groups (broad SMARTS) is 1. The monoisotopic (exact) mass is 396 g/mol. The highest BCUT2D eigenvalue weighted by Gasteiger charge is 2.39. The van der Waals surface area contributed by atoms with Crippen LogP contribution in [0.25, 0.3) is 11.1 Å². The fourth-order valence-corrected chi connectivity index (χ4v) is 4.49. The molecule has 3 rings (SSSR count). The predicted octanol–water partition coefficient (Wildman–Crippen LogP) is 3.86. The number of halogens is 1. The van der Waals surface area contributed by atoms with Crippen molar-refractivity contribution in [2.75, 3.05) is 17.1 Å². The van der Waals surface area contributed by atoms with Crippen LogP contribution in [0.5, 0.6) is 0 Å². The van der Waals surface area contributed by atoms with E-state index in [9.17, 15) is 28.5 Å². The number of hydrogen-bond acceptors (Lipinski definition) is 6. The van der Waals surface area contributed by atoms with Crippen LogP contribution in [0.4, 0.5) is 10.2 Å². The third-order valence-corrected chi connectivity index (χ3v) is 6.40. The molecular weight excluding hydrogens is 375 g/mol. The molecule has 7 nitrogen and oxygen atoms in total. The lowest BCUT2D eigenvalue weighted by Crippen LogP contribution is -2.35. The van der Waals surface area contributed by atoms with Gasteiger partial charge >= 0.3 is 5.97 Å². The van der Waals surface area contributed by atoms with E-state index >= 15 is 0 Å². The number of aromatic carboxylic acids is 1. The highest BCUT2D eigenvalue weighted by atomic mass is 32.3. The van der Waals surface area contributed by atoms with Crippen LogP contribution >= 0.6 is 10.8 Å². The number of aromatic nitrogens is 1. The van der Waals surface area contributed by atoms with Gasteiger partial charge in [-0.3, -0.25) is 13.4 Å². The maximum atomic E-state index is 13.4. The van der Waals surface area contributed by atoms with E-state index in [0.717, 1.165) is 0 Å². The average Bonchev–Trinajstić information content (AvgIpc) is 2.58. The van der Waals surface area contributed by atoms with E-state index < -0.39 is 28.7 Å². The number of pyridine rings is 1. The van der Waals surface area contributed by atoms with E-state index in [1.54, 1.807) is 13.8 Å². The van der Waals surface area contributed by atoms with Gasteiger partial charge in [-0.1, -0.05) is 26.0 Å². The summed E-state index contributed by atoms with van der Waals surface area (Å²) in [5.41, 5.74) is 0.973. The molecule has 0 amide bonds. The molecule has 1 atom stereocenters. The summed E-state index contributed by atoms with van der Waals surface area (Å²) in [7, 11) is -1.86. The van der Waals surface area contributed by atoms with Crippen molar-refractivity contribution in [3.63, 3.8) is 0 Å². The number of carboxylic acids is 1. The number of anilines is 1. The largest absolute Gasteiger partial charge is 0.478 e. The van der Waals surface area contributed by atoms with Gasteiger partial charge in [-0.15, -0.1) is 10.8 Å². The zero-order chi connectivity index (χ0) is 20.1. The maximum Gasteiger partial charge on any atom is 0.338 e. The molecule has 2 aromatic rings. The Labute approximate surface area is 157 Å². The topological polar surface area (TPSA) is 114 Å². The normalized spacial score (nSPS) is 19.7. The minimum atomic E-state index is -3.29. The van der Waals surface area contributed by atoms with Gasteiger partial charge in [0.1, 0.15) is 11.9 Å². The van der Waals surface area contributed by atoms with Crippen LogP contribution in [-0.2, 0) is 0 Å². The summed E-state index contributed by atoms with van der Waals surface area (Å²) in [4.78, 5) is 16.5. The van der Waals surface area contributed by atoms with Crippen molar-refractivity contribution in [1.29, 1.82) is 0 Å². The Morgan fingerprint density at radius 3 is 2.41 bits per heavy atom. The summed E-state index contributed by atoms with van der Waals surface area (Å²) in [6, 6.07) is 5.27. The lowest BCUT2D eigenvalue weighted by Gasteiger charge is -2.47. The van der Waals surface area contributed by atoms with Gasteiger partial charge in [0, 0.05) is 18.2 Å². The van der Waals surface area contributed by atoms with E-state index in [4.69, 9.17) is 0 Å². The molecule has 1 aromatic heterocycles. The van der Waals surface area contributed by atoms with Crippen LogP contribution in [0.1, 0.15) is 47.5 Å². The standard InChI is InChI=1S/C18H21FN2O5S/c1-9(2)16-15(18(23)24)13(10-4-6-11(19)7-5-10)14-12(22)8-27(25,26)21(3)17(14)20-16/h4-7,9,12,22,25-26H,8H2,1-3H3,(H,23,24). The molecule has 2 heterocycles. The van der Waals surface area contributed by atoms with Gasteiger partial charge < -0.3 is 10.2 Å². The highest BCUT2D eigenvalue weighted by molar-refractivity contribution is 8.25. The van der Waals surface area contributed by atoms with Crippen LogP contribution in [0.15, 0.2) is 24.3 Å².